The Morgan fingerprint density at radius 3 is 2.52 bits per heavy atom. The number of nitro groups is 1. The first-order chi connectivity index (χ1) is 42.9. The van der Waals surface area contributed by atoms with E-state index in [4.69, 9.17) is 25.8 Å². The van der Waals surface area contributed by atoms with Gasteiger partial charge in [0.1, 0.15) is 28.9 Å². The van der Waals surface area contributed by atoms with Gasteiger partial charge in [-0.25, -0.2) is 18.1 Å². The molecule has 3 fully saturated rings. The second-order valence-electron chi connectivity index (χ2n) is 24.1. The number of allylic oxidation sites excluding steroid dienone is 1. The van der Waals surface area contributed by atoms with Gasteiger partial charge in [0.05, 0.1) is 48.0 Å². The maximum atomic E-state index is 14.2. The Kier molecular flexibility index (Phi) is 19.4. The molecule has 11 rings (SSSR count). The fourth-order valence-electron chi connectivity index (χ4n) is 12.5. The van der Waals surface area contributed by atoms with E-state index >= 15 is 0 Å². The Bertz CT molecular complexity index is 3870. The van der Waals surface area contributed by atoms with E-state index in [2.05, 4.69) is 77.8 Å². The third-order valence-corrected chi connectivity index (χ3v) is 18.9. The molecule has 0 bridgehead atoms. The van der Waals surface area contributed by atoms with E-state index < -0.39 is 43.4 Å². The number of nitro benzene ring substituents is 1. The summed E-state index contributed by atoms with van der Waals surface area (Å²) in [6, 6.07) is 25.0. The van der Waals surface area contributed by atoms with Crippen molar-refractivity contribution in [1.29, 1.82) is 0 Å². The third-order valence-electron chi connectivity index (χ3n) is 17.3. The molecule has 0 saturated carbocycles. The Morgan fingerprint density at radius 1 is 0.910 bits per heavy atom. The molecule has 21 nitrogen and oxygen atoms in total. The number of nitrogens with one attached hydrogen (secondary N) is 4. The lowest BCUT2D eigenvalue weighted by Crippen LogP contribution is -2.52. The number of carbonyl (C=O) groups is 4. The van der Waals surface area contributed by atoms with Crippen molar-refractivity contribution in [2.45, 2.75) is 82.7 Å². The number of piperazine rings is 1. The number of likely N-dealkylation sites (tertiary alicyclic amines) is 1. The standard InChI is InChI=1S/C66H73ClN10O11S/c1-66(2)23-21-48(55(38-66)46-11-13-49(67)14-12-46)42-74-26-28-75(29-27-74)50-15-17-54(60(36-50)88-51-35-47-22-24-68-62(47)70-40-51)63(79)72-89(84,85)52-16-18-57(59(37-52)77(82)83)69-39-44-7-6-25-73(41-44)30-32-87-34-33-86-31-4-3-8-45-9-5-10-53-56(45)43-76(65(53)81)58-19-20-61(78)71-64(58)80/h5,9-18,22,24,35-37,40,44,58,69H,4,6-7,19-21,23,25-34,38-39,41-43H2,1-2H3,(H,68,70)(H,72,79)(H,71,78,80). The van der Waals surface area contributed by atoms with Crippen molar-refractivity contribution in [2.24, 2.45) is 11.3 Å². The lowest BCUT2D eigenvalue weighted by Gasteiger charge is -2.39. The quantitative estimate of drug-likeness (QED) is 0.0163. The van der Waals surface area contributed by atoms with Crippen molar-refractivity contribution in [2.75, 3.05) is 95.5 Å². The number of nitrogens with zero attached hydrogens (tertiary/aromatic N) is 6. The number of amides is 4. The number of sulfonamides is 1. The fourth-order valence-corrected chi connectivity index (χ4v) is 13.6. The van der Waals surface area contributed by atoms with Crippen molar-refractivity contribution in [3.8, 4) is 23.3 Å². The van der Waals surface area contributed by atoms with Crippen LogP contribution in [-0.4, -0.2) is 153 Å². The van der Waals surface area contributed by atoms with Gasteiger partial charge >= 0.3 is 0 Å². The number of halogens is 1. The van der Waals surface area contributed by atoms with Crippen LogP contribution in [0.4, 0.5) is 17.1 Å². The van der Waals surface area contributed by atoms with Gasteiger partial charge in [0.25, 0.3) is 27.5 Å². The van der Waals surface area contributed by atoms with Crippen LogP contribution in [0.1, 0.15) is 103 Å². The van der Waals surface area contributed by atoms with Crippen LogP contribution in [0, 0.1) is 33.3 Å². The summed E-state index contributed by atoms with van der Waals surface area (Å²) in [6.45, 7) is 13.1. The number of piperidine rings is 2. The minimum absolute atomic E-state index is 0.0604. The first-order valence-corrected chi connectivity index (χ1v) is 32.2. The van der Waals surface area contributed by atoms with Crippen molar-refractivity contribution in [3.63, 3.8) is 0 Å². The molecule has 0 radical (unpaired) electrons. The number of H-pyrrole nitrogens is 1. The summed E-state index contributed by atoms with van der Waals surface area (Å²) in [6.07, 6.45) is 9.18. The number of rotatable bonds is 22. The molecule has 4 amide bonds. The molecular formula is C66H73ClN10O11S. The normalized spacial score (nSPS) is 19.0. The van der Waals surface area contributed by atoms with Gasteiger partial charge in [-0.1, -0.05) is 61.1 Å². The number of anilines is 2. The zero-order valence-electron chi connectivity index (χ0n) is 50.0. The fraction of sp³-hybridized carbons (Fsp3) is 0.409. The SMILES string of the molecule is CC1(C)CCC(CN2CCN(c3ccc(C(=O)NS(=O)(=O)c4ccc(NCC5CCCN(CCOCCOCCC#Cc6cccc7c6CN(C6CCC(=O)NC6=O)C7=O)C5)c([N+](=O)[O-])c4)c(Oc4cnc5[nH]ccc5c4)c3)CC2)=C(c2ccc(Cl)cc2)C1. The summed E-state index contributed by atoms with van der Waals surface area (Å²) in [4.78, 5) is 78.9. The van der Waals surface area contributed by atoms with Crippen molar-refractivity contribution < 1.29 is 46.7 Å². The molecule has 2 aromatic heterocycles. The van der Waals surface area contributed by atoms with E-state index in [1.807, 2.05) is 24.3 Å². The Labute approximate surface area is 522 Å². The molecule has 4 aromatic carbocycles. The smallest absolute Gasteiger partial charge is 0.293 e. The second kappa shape index (κ2) is 27.7. The summed E-state index contributed by atoms with van der Waals surface area (Å²) in [7, 11) is -4.64. The number of hydrogen-bond donors (Lipinski definition) is 4. The molecule has 0 spiro atoms. The molecular weight excluding hydrogens is 1180 g/mol. The predicted molar refractivity (Wildman–Crippen MR) is 338 cm³/mol. The largest absolute Gasteiger partial charge is 0.455 e. The summed E-state index contributed by atoms with van der Waals surface area (Å²) in [5, 5.41) is 19.5. The highest BCUT2D eigenvalue weighted by Gasteiger charge is 2.40. The molecule has 1 aliphatic carbocycles. The second-order valence-corrected chi connectivity index (χ2v) is 26.2. The number of ether oxygens (including phenoxy) is 3. The highest BCUT2D eigenvalue weighted by molar-refractivity contribution is 7.90. The van der Waals surface area contributed by atoms with Crippen LogP contribution in [0.5, 0.6) is 11.5 Å². The summed E-state index contributed by atoms with van der Waals surface area (Å²) >= 11 is 6.27. The Balaban J connectivity index is 0.652. The van der Waals surface area contributed by atoms with E-state index in [1.54, 1.807) is 36.5 Å². The highest BCUT2D eigenvalue weighted by atomic mass is 35.5. The van der Waals surface area contributed by atoms with Crippen LogP contribution < -0.4 is 25.0 Å². The van der Waals surface area contributed by atoms with Crippen LogP contribution in [0.3, 0.4) is 0 Å². The van der Waals surface area contributed by atoms with Crippen molar-refractivity contribution >= 4 is 78.9 Å². The van der Waals surface area contributed by atoms with E-state index in [0.717, 1.165) is 98.1 Å². The third kappa shape index (κ3) is 15.3. The molecule has 23 heteroatoms. The average molecular weight is 1250 g/mol. The maximum absolute atomic E-state index is 14.2. The lowest BCUT2D eigenvalue weighted by atomic mass is 9.72. The van der Waals surface area contributed by atoms with Crippen molar-refractivity contribution in [3.05, 3.63) is 152 Å². The molecule has 4 aliphatic heterocycles. The Hall–Kier alpha value is -8.17. The first-order valence-electron chi connectivity index (χ1n) is 30.4. The van der Waals surface area contributed by atoms with Gasteiger partial charge in [-0.15, -0.1) is 0 Å². The van der Waals surface area contributed by atoms with Crippen LogP contribution in [0.15, 0.2) is 114 Å². The van der Waals surface area contributed by atoms with Gasteiger partial charge in [-0.2, -0.15) is 0 Å². The number of hydrogen-bond acceptors (Lipinski definition) is 16. The summed E-state index contributed by atoms with van der Waals surface area (Å²) < 4.78 is 48.2. The number of benzene rings is 4. The number of pyridine rings is 1. The van der Waals surface area contributed by atoms with E-state index in [9.17, 15) is 37.7 Å². The van der Waals surface area contributed by atoms with Gasteiger partial charge in [0, 0.05) is 117 Å². The molecule has 6 heterocycles. The average Bonchev–Trinajstić information content (AvgIpc) is 1.83. The molecule has 3 saturated heterocycles. The molecule has 89 heavy (non-hydrogen) atoms. The summed E-state index contributed by atoms with van der Waals surface area (Å²) in [5.74, 6) is 4.86. The van der Waals surface area contributed by atoms with Gasteiger partial charge in [0.2, 0.25) is 11.8 Å². The van der Waals surface area contributed by atoms with E-state index in [-0.39, 0.29) is 53.1 Å². The lowest BCUT2D eigenvalue weighted by molar-refractivity contribution is -0.384. The summed E-state index contributed by atoms with van der Waals surface area (Å²) in [5.41, 5.74) is 7.36. The highest BCUT2D eigenvalue weighted by Crippen LogP contribution is 2.44. The molecule has 4 N–H and O–H groups in total. The zero-order valence-corrected chi connectivity index (χ0v) is 51.6. The van der Waals surface area contributed by atoms with Crippen molar-refractivity contribution in [1.82, 2.24) is 34.7 Å². The van der Waals surface area contributed by atoms with Gasteiger partial charge in [0.15, 0.2) is 0 Å². The number of aromatic amines is 1. The molecule has 466 valence electrons. The van der Waals surface area contributed by atoms with E-state index in [1.165, 1.54) is 46.0 Å². The Morgan fingerprint density at radius 2 is 1.72 bits per heavy atom. The first kappa shape index (κ1) is 62.4. The monoisotopic (exact) mass is 1250 g/mol. The van der Waals surface area contributed by atoms with Gasteiger partial charge < -0.3 is 39.2 Å². The number of carbonyl (C=O) groups excluding carboxylic acids is 4. The minimum Gasteiger partial charge on any atom is -0.455 e. The molecule has 5 aliphatic rings. The number of fused-ring (bicyclic) bond motifs is 2. The van der Waals surface area contributed by atoms with Crippen LogP contribution in [-0.2, 0) is 35.6 Å². The molecule has 2 atom stereocenters. The maximum Gasteiger partial charge on any atom is 0.293 e. The number of imide groups is 1. The molecule has 6 aromatic rings. The molecule has 2 unspecified atom stereocenters. The predicted octanol–water partition coefficient (Wildman–Crippen LogP) is 9.18. The van der Waals surface area contributed by atoms with Crippen LogP contribution in [0.25, 0.3) is 16.6 Å². The topological polar surface area (TPSA) is 251 Å². The number of aromatic nitrogens is 2. The van der Waals surface area contributed by atoms with Gasteiger partial charge in [-0.05, 0) is 134 Å². The zero-order chi connectivity index (χ0) is 62.2. The van der Waals surface area contributed by atoms with Crippen LogP contribution >= 0.6 is 11.6 Å². The minimum atomic E-state index is -4.64. The van der Waals surface area contributed by atoms with Crippen LogP contribution in [0.2, 0.25) is 5.02 Å². The van der Waals surface area contributed by atoms with E-state index in [0.29, 0.717) is 82.4 Å². The van der Waals surface area contributed by atoms with Gasteiger partial charge in [-0.3, -0.25) is 39.5 Å².